The molecule has 0 saturated carbocycles. The van der Waals surface area contributed by atoms with Gasteiger partial charge in [0.05, 0.1) is 17.5 Å². The lowest BCUT2D eigenvalue weighted by Crippen LogP contribution is -2.09. The number of anilines is 3. The van der Waals surface area contributed by atoms with Crippen LogP contribution in [0.1, 0.15) is 5.56 Å². The van der Waals surface area contributed by atoms with Crippen LogP contribution in [0.5, 0.6) is 0 Å². The first-order chi connectivity index (χ1) is 9.48. The van der Waals surface area contributed by atoms with Gasteiger partial charge in [0.15, 0.2) is 0 Å². The van der Waals surface area contributed by atoms with E-state index in [4.69, 9.17) is 5.26 Å². The minimum absolute atomic E-state index is 0.492. The summed E-state index contributed by atoms with van der Waals surface area (Å²) in [6, 6.07) is 16.0. The Labute approximate surface area is 117 Å². The third-order valence-electron chi connectivity index (χ3n) is 2.51. The largest absolute Gasteiger partial charge is 0.354 e. The molecule has 0 aliphatic rings. The summed E-state index contributed by atoms with van der Waals surface area (Å²) in [6.07, 6.45) is 1.10. The fourth-order valence-electron chi connectivity index (χ4n) is 1.68. The van der Waals surface area contributed by atoms with Crippen molar-refractivity contribution in [2.24, 2.45) is 0 Å². The lowest BCUT2D eigenvalue weighted by Gasteiger charge is -2.09. The number of rotatable bonds is 4. The van der Waals surface area contributed by atoms with Gasteiger partial charge in [0, 0.05) is 11.4 Å². The van der Waals surface area contributed by atoms with Gasteiger partial charge < -0.3 is 5.32 Å². The van der Waals surface area contributed by atoms with Crippen molar-refractivity contribution in [1.29, 1.82) is 5.26 Å². The van der Waals surface area contributed by atoms with Crippen LogP contribution in [0, 0.1) is 11.3 Å². The molecule has 102 valence electrons. The van der Waals surface area contributed by atoms with Gasteiger partial charge in [0.2, 0.25) is 10.0 Å². The Morgan fingerprint density at radius 3 is 2.20 bits per heavy atom. The first kappa shape index (κ1) is 13.9. The lowest BCUT2D eigenvalue weighted by molar-refractivity contribution is 0.607. The maximum atomic E-state index is 11.1. The number of nitrogens with zero attached hydrogens (tertiary/aromatic N) is 1. The highest BCUT2D eigenvalue weighted by Crippen LogP contribution is 2.21. The number of sulfonamides is 1. The second kappa shape index (κ2) is 5.63. The first-order valence-electron chi connectivity index (χ1n) is 5.82. The Bertz CT molecular complexity index is 747. The molecule has 0 saturated heterocycles. The van der Waals surface area contributed by atoms with E-state index in [1.807, 2.05) is 6.07 Å². The Hall–Kier alpha value is -2.52. The van der Waals surface area contributed by atoms with Crippen molar-refractivity contribution in [2.75, 3.05) is 16.3 Å². The van der Waals surface area contributed by atoms with Crippen LogP contribution in [0.4, 0.5) is 17.1 Å². The highest BCUT2D eigenvalue weighted by Gasteiger charge is 2.03. The third kappa shape index (κ3) is 3.73. The third-order valence-corrected chi connectivity index (χ3v) is 3.12. The molecule has 6 heteroatoms. The summed E-state index contributed by atoms with van der Waals surface area (Å²) in [4.78, 5) is 0. The monoisotopic (exact) mass is 287 g/mol. The van der Waals surface area contributed by atoms with E-state index in [2.05, 4.69) is 16.1 Å². The van der Waals surface area contributed by atoms with E-state index in [1.165, 1.54) is 0 Å². The average molecular weight is 287 g/mol. The molecular weight excluding hydrogens is 274 g/mol. The summed E-state index contributed by atoms with van der Waals surface area (Å²) in [7, 11) is -3.27. The van der Waals surface area contributed by atoms with Crippen molar-refractivity contribution in [1.82, 2.24) is 0 Å². The predicted octanol–water partition coefficient (Wildman–Crippen LogP) is 2.67. The number of nitriles is 1. The number of hydrogen-bond acceptors (Lipinski definition) is 4. The molecule has 0 aliphatic heterocycles. The molecule has 0 aliphatic carbocycles. The Morgan fingerprint density at radius 1 is 1.00 bits per heavy atom. The Morgan fingerprint density at radius 2 is 1.60 bits per heavy atom. The molecular formula is C14H13N3O2S. The van der Waals surface area contributed by atoms with Crippen LogP contribution in [0.15, 0.2) is 48.5 Å². The van der Waals surface area contributed by atoms with Gasteiger partial charge in [-0.05, 0) is 36.4 Å². The zero-order valence-electron chi connectivity index (χ0n) is 10.8. The standard InChI is InChI=1S/C14H13N3O2S/c1-20(18,19)17-13-8-6-12(7-9-13)16-14-5-3-2-4-11(14)10-15/h2-9,16-17H,1H3. The second-order valence-electron chi connectivity index (χ2n) is 4.23. The summed E-state index contributed by atoms with van der Waals surface area (Å²) >= 11 is 0. The maximum Gasteiger partial charge on any atom is 0.229 e. The molecule has 2 aromatic rings. The van der Waals surface area contributed by atoms with Crippen LogP contribution in [0.3, 0.4) is 0 Å². The van der Waals surface area contributed by atoms with Crippen LogP contribution in [-0.4, -0.2) is 14.7 Å². The maximum absolute atomic E-state index is 11.1. The molecule has 0 amide bonds. The number of nitrogens with one attached hydrogen (secondary N) is 2. The van der Waals surface area contributed by atoms with Gasteiger partial charge in [-0.25, -0.2) is 8.42 Å². The van der Waals surface area contributed by atoms with Crippen molar-refractivity contribution in [2.45, 2.75) is 0 Å². The van der Waals surface area contributed by atoms with E-state index in [-0.39, 0.29) is 0 Å². The highest BCUT2D eigenvalue weighted by molar-refractivity contribution is 7.92. The van der Waals surface area contributed by atoms with Crippen molar-refractivity contribution in [3.8, 4) is 6.07 Å². The minimum atomic E-state index is -3.27. The summed E-state index contributed by atoms with van der Waals surface area (Å²) in [5.41, 5.74) is 2.52. The molecule has 2 rings (SSSR count). The smallest absolute Gasteiger partial charge is 0.229 e. The van der Waals surface area contributed by atoms with E-state index in [9.17, 15) is 8.42 Å². The molecule has 0 unspecified atom stereocenters. The zero-order valence-corrected chi connectivity index (χ0v) is 11.6. The number of para-hydroxylation sites is 1. The quantitative estimate of drug-likeness (QED) is 0.905. The molecule has 0 aromatic heterocycles. The molecule has 0 bridgehead atoms. The predicted molar refractivity (Wildman–Crippen MR) is 79.3 cm³/mol. The van der Waals surface area contributed by atoms with E-state index >= 15 is 0 Å². The summed E-state index contributed by atoms with van der Waals surface area (Å²) in [5.74, 6) is 0. The minimum Gasteiger partial charge on any atom is -0.354 e. The number of hydrogen-bond donors (Lipinski definition) is 2. The fraction of sp³-hybridized carbons (Fsp3) is 0.0714. The van der Waals surface area contributed by atoms with Crippen LogP contribution in [0.2, 0.25) is 0 Å². The van der Waals surface area contributed by atoms with Crippen LogP contribution in [-0.2, 0) is 10.0 Å². The van der Waals surface area contributed by atoms with Crippen LogP contribution < -0.4 is 10.0 Å². The zero-order chi connectivity index (χ0) is 14.6. The van der Waals surface area contributed by atoms with Gasteiger partial charge in [-0.1, -0.05) is 12.1 Å². The number of benzene rings is 2. The van der Waals surface area contributed by atoms with Crippen molar-refractivity contribution < 1.29 is 8.42 Å². The van der Waals surface area contributed by atoms with Gasteiger partial charge >= 0.3 is 0 Å². The summed E-state index contributed by atoms with van der Waals surface area (Å²) in [6.45, 7) is 0. The van der Waals surface area contributed by atoms with Crippen LogP contribution in [0.25, 0.3) is 0 Å². The molecule has 0 heterocycles. The van der Waals surface area contributed by atoms with Gasteiger partial charge in [0.1, 0.15) is 6.07 Å². The molecule has 0 spiro atoms. The van der Waals surface area contributed by atoms with Gasteiger partial charge in [-0.2, -0.15) is 5.26 Å². The second-order valence-corrected chi connectivity index (χ2v) is 5.98. The van der Waals surface area contributed by atoms with E-state index in [0.29, 0.717) is 16.9 Å². The first-order valence-corrected chi connectivity index (χ1v) is 7.71. The van der Waals surface area contributed by atoms with E-state index in [1.54, 1.807) is 42.5 Å². The molecule has 5 nitrogen and oxygen atoms in total. The molecule has 2 N–H and O–H groups in total. The summed E-state index contributed by atoms with van der Waals surface area (Å²) in [5, 5.41) is 12.1. The SMILES string of the molecule is CS(=O)(=O)Nc1ccc(Nc2ccccc2C#N)cc1. The van der Waals surface area contributed by atoms with Crippen molar-refractivity contribution in [3.05, 3.63) is 54.1 Å². The van der Waals surface area contributed by atoms with Crippen LogP contribution >= 0.6 is 0 Å². The molecule has 0 fully saturated rings. The molecule has 0 atom stereocenters. The topological polar surface area (TPSA) is 82.0 Å². The highest BCUT2D eigenvalue weighted by atomic mass is 32.2. The van der Waals surface area contributed by atoms with Crippen molar-refractivity contribution in [3.63, 3.8) is 0 Å². The van der Waals surface area contributed by atoms with E-state index in [0.717, 1.165) is 11.9 Å². The molecule has 20 heavy (non-hydrogen) atoms. The summed E-state index contributed by atoms with van der Waals surface area (Å²) < 4.78 is 24.6. The fourth-order valence-corrected chi connectivity index (χ4v) is 2.25. The Kier molecular flexibility index (Phi) is 3.91. The van der Waals surface area contributed by atoms with Gasteiger partial charge in [-0.3, -0.25) is 4.72 Å². The lowest BCUT2D eigenvalue weighted by atomic mass is 10.2. The Balaban J connectivity index is 2.17. The molecule has 0 radical (unpaired) electrons. The molecule has 2 aromatic carbocycles. The average Bonchev–Trinajstić information content (AvgIpc) is 2.40. The van der Waals surface area contributed by atoms with Gasteiger partial charge in [-0.15, -0.1) is 0 Å². The van der Waals surface area contributed by atoms with Crippen molar-refractivity contribution >= 4 is 27.1 Å². The van der Waals surface area contributed by atoms with Gasteiger partial charge in [0.25, 0.3) is 0 Å². The van der Waals surface area contributed by atoms with E-state index < -0.39 is 10.0 Å². The normalized spacial score (nSPS) is 10.6.